The molecule has 0 bridgehead atoms. The van der Waals surface area contributed by atoms with Gasteiger partial charge in [0.15, 0.2) is 5.75 Å². The summed E-state index contributed by atoms with van der Waals surface area (Å²) >= 11 is 5.31. The van der Waals surface area contributed by atoms with E-state index in [-0.39, 0.29) is 0 Å². The maximum Gasteiger partial charge on any atom is 0.573 e. The molecule has 1 rings (SSSR count). The van der Waals surface area contributed by atoms with E-state index < -0.39 is 49.6 Å². The SMILES string of the molecule is O=S(=O)(Cl)c1c(CCl)ncc(OC(F)(F)F)c1C(F)F. The average molecular weight is 360 g/mol. The molecular weight excluding hydrogens is 356 g/mol. The topological polar surface area (TPSA) is 56.3 Å². The van der Waals surface area contributed by atoms with Crippen LogP contribution in [-0.2, 0) is 14.9 Å². The second kappa shape index (κ2) is 5.86. The van der Waals surface area contributed by atoms with Crippen molar-refractivity contribution in [3.05, 3.63) is 17.5 Å². The number of alkyl halides is 6. The van der Waals surface area contributed by atoms with Crippen LogP contribution in [0.25, 0.3) is 0 Å². The molecule has 0 radical (unpaired) electrons. The smallest absolute Gasteiger partial charge is 0.404 e. The lowest BCUT2D eigenvalue weighted by molar-refractivity contribution is -0.275. The zero-order valence-corrected chi connectivity index (χ0v) is 11.4. The van der Waals surface area contributed by atoms with Crippen molar-refractivity contribution in [2.75, 3.05) is 0 Å². The van der Waals surface area contributed by atoms with Crippen molar-refractivity contribution in [3.63, 3.8) is 0 Å². The molecule has 0 fully saturated rings. The number of pyridine rings is 1. The first-order valence-corrected chi connectivity index (χ1v) is 7.38. The standard InChI is InChI=1S/C8H4Cl2F5NO3S/c9-1-3-6(20(10,17)18)5(7(11)12)4(2-16-3)19-8(13,14)15/h2,7H,1H2. The molecule has 0 amide bonds. The second-order valence-corrected chi connectivity index (χ2v) is 6.00. The minimum Gasteiger partial charge on any atom is -0.404 e. The zero-order valence-electron chi connectivity index (χ0n) is 9.09. The third kappa shape index (κ3) is 4.06. The van der Waals surface area contributed by atoms with E-state index >= 15 is 0 Å². The molecule has 0 atom stereocenters. The summed E-state index contributed by atoms with van der Waals surface area (Å²) in [6.45, 7) is 0. The predicted molar refractivity (Wildman–Crippen MR) is 58.5 cm³/mol. The van der Waals surface area contributed by atoms with Crippen molar-refractivity contribution in [1.82, 2.24) is 4.98 Å². The first-order valence-electron chi connectivity index (χ1n) is 4.53. The van der Waals surface area contributed by atoms with Gasteiger partial charge >= 0.3 is 6.36 Å². The van der Waals surface area contributed by atoms with Gasteiger partial charge in [0, 0.05) is 10.7 Å². The van der Waals surface area contributed by atoms with Gasteiger partial charge in [-0.3, -0.25) is 4.98 Å². The van der Waals surface area contributed by atoms with Gasteiger partial charge in [-0.1, -0.05) is 0 Å². The Morgan fingerprint density at radius 2 is 1.90 bits per heavy atom. The lowest BCUT2D eigenvalue weighted by atomic mass is 10.2. The number of aromatic nitrogens is 1. The first-order chi connectivity index (χ1) is 8.97. The summed E-state index contributed by atoms with van der Waals surface area (Å²) in [6, 6.07) is 0. The summed E-state index contributed by atoms with van der Waals surface area (Å²) in [6.07, 6.45) is -8.60. The lowest BCUT2D eigenvalue weighted by Crippen LogP contribution is -2.20. The van der Waals surface area contributed by atoms with Gasteiger partial charge in [-0.05, 0) is 0 Å². The molecule has 4 nitrogen and oxygen atoms in total. The molecule has 0 aliphatic rings. The van der Waals surface area contributed by atoms with Gasteiger partial charge in [-0.25, -0.2) is 17.2 Å². The summed E-state index contributed by atoms with van der Waals surface area (Å²) < 4.78 is 87.8. The van der Waals surface area contributed by atoms with E-state index in [1.165, 1.54) is 0 Å². The Balaban J connectivity index is 3.66. The van der Waals surface area contributed by atoms with Crippen LogP contribution in [0.15, 0.2) is 11.1 Å². The molecule has 0 unspecified atom stereocenters. The minimum atomic E-state index is -5.30. The predicted octanol–water partition coefficient (Wildman–Crippen LogP) is 3.58. The molecule has 0 aromatic carbocycles. The monoisotopic (exact) mass is 359 g/mol. The van der Waals surface area contributed by atoms with Crippen molar-refractivity contribution in [2.24, 2.45) is 0 Å². The van der Waals surface area contributed by atoms with E-state index in [0.717, 1.165) is 0 Å². The van der Waals surface area contributed by atoms with E-state index in [1.807, 2.05) is 0 Å². The summed E-state index contributed by atoms with van der Waals surface area (Å²) in [4.78, 5) is 1.95. The fraction of sp³-hybridized carbons (Fsp3) is 0.375. The maximum absolute atomic E-state index is 12.9. The van der Waals surface area contributed by atoms with Gasteiger partial charge in [-0.15, -0.1) is 24.8 Å². The van der Waals surface area contributed by atoms with Gasteiger partial charge in [0.05, 0.1) is 23.3 Å². The van der Waals surface area contributed by atoms with Gasteiger partial charge in [0.25, 0.3) is 15.5 Å². The van der Waals surface area contributed by atoms with Gasteiger partial charge in [-0.2, -0.15) is 0 Å². The van der Waals surface area contributed by atoms with E-state index in [9.17, 15) is 30.4 Å². The minimum absolute atomic E-state index is 0.304. The van der Waals surface area contributed by atoms with Crippen LogP contribution in [-0.4, -0.2) is 19.8 Å². The molecule has 0 N–H and O–H groups in total. The Hall–Kier alpha value is -0.870. The number of halogens is 7. The summed E-state index contributed by atoms with van der Waals surface area (Å²) in [5.41, 5.74) is -2.14. The van der Waals surface area contributed by atoms with Crippen LogP contribution in [0, 0.1) is 0 Å². The number of rotatable bonds is 4. The quantitative estimate of drug-likeness (QED) is 0.468. The molecule has 20 heavy (non-hydrogen) atoms. The molecule has 0 saturated carbocycles. The van der Waals surface area contributed by atoms with E-state index in [1.54, 1.807) is 0 Å². The summed E-state index contributed by atoms with van der Waals surface area (Å²) in [5, 5.41) is 0. The lowest BCUT2D eigenvalue weighted by Gasteiger charge is -2.16. The Bertz CT molecular complexity index is 605. The van der Waals surface area contributed by atoms with Crippen molar-refractivity contribution < 1.29 is 35.1 Å². The number of hydrogen-bond acceptors (Lipinski definition) is 4. The molecule has 114 valence electrons. The zero-order chi connectivity index (χ0) is 15.7. The molecular formula is C8H4Cl2F5NO3S. The normalized spacial score (nSPS) is 12.8. The van der Waals surface area contributed by atoms with Gasteiger partial charge < -0.3 is 4.74 Å². The molecule has 1 aromatic rings. The van der Waals surface area contributed by atoms with Crippen molar-refractivity contribution in [3.8, 4) is 5.75 Å². The highest BCUT2D eigenvalue weighted by Gasteiger charge is 2.37. The van der Waals surface area contributed by atoms with Crippen LogP contribution in [0.5, 0.6) is 5.75 Å². The molecule has 0 aliphatic heterocycles. The molecule has 0 saturated heterocycles. The Kier molecular flexibility index (Phi) is 5.03. The van der Waals surface area contributed by atoms with Crippen LogP contribution in [0.4, 0.5) is 22.0 Å². The van der Waals surface area contributed by atoms with Crippen LogP contribution >= 0.6 is 22.3 Å². The highest BCUT2D eigenvalue weighted by molar-refractivity contribution is 8.13. The van der Waals surface area contributed by atoms with Gasteiger partial charge in [0.1, 0.15) is 4.90 Å². The third-order valence-electron chi connectivity index (χ3n) is 1.92. The average Bonchev–Trinajstić information content (AvgIpc) is 2.24. The fourth-order valence-corrected chi connectivity index (χ4v) is 2.97. The van der Waals surface area contributed by atoms with E-state index in [0.29, 0.717) is 6.20 Å². The number of nitrogens with zero attached hydrogens (tertiary/aromatic N) is 1. The Morgan fingerprint density at radius 3 is 2.25 bits per heavy atom. The number of ether oxygens (including phenoxy) is 1. The molecule has 1 aromatic heterocycles. The third-order valence-corrected chi connectivity index (χ3v) is 3.58. The summed E-state index contributed by atoms with van der Waals surface area (Å²) in [5.74, 6) is -2.10. The Morgan fingerprint density at radius 1 is 1.35 bits per heavy atom. The number of hydrogen-bond donors (Lipinski definition) is 0. The molecule has 1 heterocycles. The van der Waals surface area contributed by atoms with Gasteiger partial charge in [0.2, 0.25) is 0 Å². The molecule has 0 aliphatic carbocycles. The fourth-order valence-electron chi connectivity index (χ4n) is 1.31. The first kappa shape index (κ1) is 17.2. The highest BCUT2D eigenvalue weighted by Crippen LogP contribution is 2.39. The van der Waals surface area contributed by atoms with Crippen LogP contribution in [0.3, 0.4) is 0 Å². The van der Waals surface area contributed by atoms with Crippen LogP contribution in [0.2, 0.25) is 0 Å². The second-order valence-electron chi connectivity index (χ2n) is 3.23. The van der Waals surface area contributed by atoms with Crippen molar-refractivity contribution in [2.45, 2.75) is 23.6 Å². The van der Waals surface area contributed by atoms with E-state index in [4.69, 9.17) is 22.3 Å². The molecule has 0 spiro atoms. The van der Waals surface area contributed by atoms with Crippen LogP contribution in [0.1, 0.15) is 17.7 Å². The summed E-state index contributed by atoms with van der Waals surface area (Å²) in [7, 11) is 0.137. The van der Waals surface area contributed by atoms with Crippen molar-refractivity contribution >= 4 is 31.3 Å². The Labute approximate surface area is 118 Å². The van der Waals surface area contributed by atoms with E-state index in [2.05, 4.69) is 9.72 Å². The van der Waals surface area contributed by atoms with Crippen LogP contribution < -0.4 is 4.74 Å². The largest absolute Gasteiger partial charge is 0.573 e. The maximum atomic E-state index is 12.9. The highest BCUT2D eigenvalue weighted by atomic mass is 35.7. The van der Waals surface area contributed by atoms with Crippen molar-refractivity contribution in [1.29, 1.82) is 0 Å². The molecule has 12 heteroatoms.